The van der Waals surface area contributed by atoms with E-state index in [2.05, 4.69) is 38.0 Å². The van der Waals surface area contributed by atoms with Crippen LogP contribution in [-0.4, -0.2) is 31.2 Å². The maximum atomic E-state index is 3.85. The van der Waals surface area contributed by atoms with Crippen molar-refractivity contribution in [2.45, 2.75) is 136 Å². The Hall–Kier alpha value is -0.0800. The van der Waals surface area contributed by atoms with Crippen LogP contribution in [0.2, 0.25) is 0 Å². The summed E-state index contributed by atoms with van der Waals surface area (Å²) in [6, 6.07) is 0. The van der Waals surface area contributed by atoms with Crippen molar-refractivity contribution >= 4 is 0 Å². The summed E-state index contributed by atoms with van der Waals surface area (Å²) < 4.78 is 0. The Kier molecular flexibility index (Phi) is 21.2. The molecule has 0 aromatic carbocycles. The summed E-state index contributed by atoms with van der Waals surface area (Å²) in [7, 11) is 2.30. The quantitative estimate of drug-likeness (QED) is 0.166. The average Bonchev–Trinajstić information content (AvgIpc) is 2.64. The van der Waals surface area contributed by atoms with Crippen LogP contribution in [0.1, 0.15) is 130 Å². The molecule has 1 unspecified atom stereocenters. The molecule has 2 heteroatoms. The number of unbranched alkanes of at least 4 members (excludes halogenated alkanes) is 13. The molecule has 158 valence electrons. The summed E-state index contributed by atoms with van der Waals surface area (Å²) in [6.07, 6.45) is 24.3. The molecular weight excluding hydrogens is 316 g/mol. The van der Waals surface area contributed by atoms with Gasteiger partial charge in [0.1, 0.15) is 0 Å². The highest BCUT2D eigenvalue weighted by Gasteiger charge is 2.12. The first-order valence-corrected chi connectivity index (χ1v) is 12.2. The van der Waals surface area contributed by atoms with Gasteiger partial charge in [-0.25, -0.2) is 0 Å². The van der Waals surface area contributed by atoms with Gasteiger partial charge in [0, 0.05) is 0 Å². The molecule has 0 saturated carbocycles. The molecule has 1 atom stereocenters. The van der Waals surface area contributed by atoms with Crippen molar-refractivity contribution in [1.29, 1.82) is 0 Å². The Bertz CT molecular complexity index is 255. The van der Waals surface area contributed by atoms with Gasteiger partial charge in [-0.1, -0.05) is 111 Å². The molecule has 0 aliphatic rings. The minimum atomic E-state index is 0.593. The first-order chi connectivity index (χ1) is 12.8. The second kappa shape index (κ2) is 21.2. The lowest BCUT2D eigenvalue weighted by molar-refractivity contribution is 0.188. The molecule has 0 spiro atoms. The molecule has 0 aliphatic carbocycles. The molecular formula is C24H52N2. The van der Waals surface area contributed by atoms with Crippen LogP contribution in [0.4, 0.5) is 0 Å². The van der Waals surface area contributed by atoms with Crippen molar-refractivity contribution in [2.24, 2.45) is 0 Å². The molecule has 0 fully saturated rings. The van der Waals surface area contributed by atoms with Gasteiger partial charge in [-0.2, -0.15) is 0 Å². The van der Waals surface area contributed by atoms with Crippen LogP contribution < -0.4 is 5.32 Å². The van der Waals surface area contributed by atoms with E-state index in [0.717, 1.165) is 0 Å². The Morgan fingerprint density at radius 2 is 1.04 bits per heavy atom. The zero-order valence-electron chi connectivity index (χ0n) is 19.0. The van der Waals surface area contributed by atoms with Gasteiger partial charge >= 0.3 is 0 Å². The van der Waals surface area contributed by atoms with Gasteiger partial charge in [-0.3, -0.25) is 4.90 Å². The molecule has 0 aromatic heterocycles. The fourth-order valence-corrected chi connectivity index (χ4v) is 3.81. The third kappa shape index (κ3) is 17.3. The Morgan fingerprint density at radius 1 is 0.577 bits per heavy atom. The maximum Gasteiger partial charge on any atom is 0.0594 e. The predicted molar refractivity (Wildman–Crippen MR) is 120 cm³/mol. The van der Waals surface area contributed by atoms with E-state index in [9.17, 15) is 0 Å². The highest BCUT2D eigenvalue weighted by Crippen LogP contribution is 2.12. The molecule has 0 aliphatic heterocycles. The third-order valence-corrected chi connectivity index (χ3v) is 5.60. The fourth-order valence-electron chi connectivity index (χ4n) is 3.81. The van der Waals surface area contributed by atoms with Gasteiger partial charge in [0.2, 0.25) is 0 Å². The van der Waals surface area contributed by atoms with Crippen LogP contribution in [0.25, 0.3) is 0 Å². The summed E-state index contributed by atoms with van der Waals surface area (Å²) in [5.74, 6) is 0. The summed E-state index contributed by atoms with van der Waals surface area (Å²) in [4.78, 5) is 2.54. The van der Waals surface area contributed by atoms with Gasteiger partial charge < -0.3 is 5.32 Å². The second-order valence-corrected chi connectivity index (χ2v) is 8.34. The van der Waals surface area contributed by atoms with Gasteiger partial charge in [-0.15, -0.1) is 0 Å². The number of rotatable bonds is 21. The number of nitrogens with one attached hydrogen (secondary N) is 1. The lowest BCUT2D eigenvalue weighted by Gasteiger charge is -2.29. The maximum absolute atomic E-state index is 3.85. The van der Waals surface area contributed by atoms with Crippen molar-refractivity contribution in [3.63, 3.8) is 0 Å². The Labute approximate surface area is 166 Å². The Balaban J connectivity index is 3.73. The van der Waals surface area contributed by atoms with Gasteiger partial charge in [0.25, 0.3) is 0 Å². The molecule has 0 rings (SSSR count). The zero-order valence-corrected chi connectivity index (χ0v) is 19.0. The monoisotopic (exact) mass is 368 g/mol. The molecule has 0 saturated heterocycles. The van der Waals surface area contributed by atoms with E-state index in [1.54, 1.807) is 0 Å². The van der Waals surface area contributed by atoms with Crippen LogP contribution in [0.15, 0.2) is 0 Å². The number of hydrogen-bond donors (Lipinski definition) is 1. The highest BCUT2D eigenvalue weighted by atomic mass is 15.2. The second-order valence-electron chi connectivity index (χ2n) is 8.34. The SMILES string of the molecule is CCCCCCCCCCNC(CCCCCCCCC)N(C)CCC. The van der Waals surface area contributed by atoms with E-state index in [0.29, 0.717) is 6.17 Å². The number of nitrogens with zero attached hydrogens (tertiary/aromatic N) is 1. The molecule has 0 radical (unpaired) electrons. The van der Waals surface area contributed by atoms with Crippen LogP contribution in [-0.2, 0) is 0 Å². The van der Waals surface area contributed by atoms with Crippen LogP contribution >= 0.6 is 0 Å². The zero-order chi connectivity index (χ0) is 19.3. The van der Waals surface area contributed by atoms with Crippen molar-refractivity contribution in [1.82, 2.24) is 10.2 Å². The van der Waals surface area contributed by atoms with Crippen LogP contribution in [0, 0.1) is 0 Å². The molecule has 0 bridgehead atoms. The van der Waals surface area contributed by atoms with Gasteiger partial charge in [-0.05, 0) is 39.4 Å². The summed E-state index contributed by atoms with van der Waals surface area (Å²) in [5.41, 5.74) is 0. The summed E-state index contributed by atoms with van der Waals surface area (Å²) >= 11 is 0. The summed E-state index contributed by atoms with van der Waals surface area (Å²) in [6.45, 7) is 9.30. The van der Waals surface area contributed by atoms with E-state index < -0.39 is 0 Å². The first kappa shape index (κ1) is 25.9. The van der Waals surface area contributed by atoms with E-state index in [1.807, 2.05) is 0 Å². The van der Waals surface area contributed by atoms with Crippen molar-refractivity contribution < 1.29 is 0 Å². The molecule has 0 aromatic rings. The smallest absolute Gasteiger partial charge is 0.0594 e. The lowest BCUT2D eigenvalue weighted by atomic mass is 10.1. The normalized spacial score (nSPS) is 12.8. The Morgan fingerprint density at radius 3 is 1.54 bits per heavy atom. The standard InChI is InChI=1S/C24H52N2/c1-5-8-10-12-14-16-18-20-22-25-24(26(4)23-7-3)21-19-17-15-13-11-9-6-2/h24-25H,5-23H2,1-4H3. The minimum Gasteiger partial charge on any atom is -0.302 e. The third-order valence-electron chi connectivity index (χ3n) is 5.60. The largest absolute Gasteiger partial charge is 0.302 e. The van der Waals surface area contributed by atoms with E-state index >= 15 is 0 Å². The van der Waals surface area contributed by atoms with E-state index in [4.69, 9.17) is 0 Å². The van der Waals surface area contributed by atoms with Crippen LogP contribution in [0.5, 0.6) is 0 Å². The lowest BCUT2D eigenvalue weighted by Crippen LogP contribution is -2.44. The highest BCUT2D eigenvalue weighted by molar-refractivity contribution is 4.67. The predicted octanol–water partition coefficient (Wildman–Crippen LogP) is 7.53. The van der Waals surface area contributed by atoms with Crippen molar-refractivity contribution in [3.05, 3.63) is 0 Å². The average molecular weight is 369 g/mol. The molecule has 0 heterocycles. The van der Waals surface area contributed by atoms with Crippen LogP contribution in [0.3, 0.4) is 0 Å². The fraction of sp³-hybridized carbons (Fsp3) is 1.00. The molecule has 26 heavy (non-hydrogen) atoms. The van der Waals surface area contributed by atoms with Gasteiger partial charge in [0.15, 0.2) is 0 Å². The van der Waals surface area contributed by atoms with Crippen molar-refractivity contribution in [3.8, 4) is 0 Å². The number of hydrogen-bond acceptors (Lipinski definition) is 2. The first-order valence-electron chi connectivity index (χ1n) is 12.2. The summed E-state index contributed by atoms with van der Waals surface area (Å²) in [5, 5.41) is 3.85. The minimum absolute atomic E-state index is 0.593. The van der Waals surface area contributed by atoms with Gasteiger partial charge in [0.05, 0.1) is 6.17 Å². The molecule has 1 N–H and O–H groups in total. The topological polar surface area (TPSA) is 15.3 Å². The molecule has 0 amide bonds. The van der Waals surface area contributed by atoms with E-state index in [1.165, 1.54) is 122 Å². The van der Waals surface area contributed by atoms with E-state index in [-0.39, 0.29) is 0 Å². The van der Waals surface area contributed by atoms with Crippen molar-refractivity contribution in [2.75, 3.05) is 20.1 Å². The molecule has 2 nitrogen and oxygen atoms in total.